The van der Waals surface area contributed by atoms with Gasteiger partial charge in [-0.2, -0.15) is 4.98 Å². The van der Waals surface area contributed by atoms with Crippen molar-refractivity contribution in [1.82, 2.24) is 9.97 Å². The van der Waals surface area contributed by atoms with Crippen molar-refractivity contribution in [3.05, 3.63) is 22.5 Å². The minimum absolute atomic E-state index is 0.341. The molecule has 2 aromatic rings. The fraction of sp³-hybridized carbons (Fsp3) is 0.526. The largest absolute Gasteiger partial charge is 0.466 e. The van der Waals surface area contributed by atoms with Crippen LogP contribution in [0.1, 0.15) is 33.6 Å². The van der Waals surface area contributed by atoms with E-state index >= 15 is 0 Å². The molecule has 27 heavy (non-hydrogen) atoms. The maximum Gasteiger partial charge on any atom is 0.349 e. The number of rotatable bonds is 5. The zero-order chi connectivity index (χ0) is 19.6. The molecular weight excluding hydrogens is 386 g/mol. The summed E-state index contributed by atoms with van der Waals surface area (Å²) >= 11 is 7.54. The normalized spacial score (nSPS) is 15.7. The van der Waals surface area contributed by atoms with Gasteiger partial charge >= 0.3 is 5.97 Å². The molecule has 0 aliphatic carbocycles. The van der Waals surface area contributed by atoms with Crippen molar-refractivity contribution in [3.63, 3.8) is 0 Å². The van der Waals surface area contributed by atoms with E-state index in [2.05, 4.69) is 16.8 Å². The molecule has 0 radical (unpaired) electrons. The molecule has 1 fully saturated rings. The summed E-state index contributed by atoms with van der Waals surface area (Å²) < 4.78 is 11.4. The van der Waals surface area contributed by atoms with Crippen molar-refractivity contribution in [1.29, 1.82) is 0 Å². The van der Waals surface area contributed by atoms with Gasteiger partial charge in [0.1, 0.15) is 0 Å². The molecule has 1 saturated heterocycles. The summed E-state index contributed by atoms with van der Waals surface area (Å²) in [5.41, 5.74) is -0.424. The molecule has 1 aliphatic rings. The lowest BCUT2D eigenvalue weighted by Crippen LogP contribution is -2.39. The van der Waals surface area contributed by atoms with E-state index in [0.717, 1.165) is 36.5 Å². The Bertz CT molecular complexity index is 816. The van der Waals surface area contributed by atoms with Gasteiger partial charge < -0.3 is 14.4 Å². The third-order valence-electron chi connectivity index (χ3n) is 4.62. The van der Waals surface area contributed by atoms with Gasteiger partial charge in [0, 0.05) is 19.2 Å². The molecule has 0 bridgehead atoms. The minimum Gasteiger partial charge on any atom is -0.466 e. The van der Waals surface area contributed by atoms with Crippen molar-refractivity contribution in [2.45, 2.75) is 39.2 Å². The first-order valence-electron chi connectivity index (χ1n) is 8.95. The molecule has 6 nitrogen and oxygen atoms in total. The van der Waals surface area contributed by atoms with Gasteiger partial charge in [0.05, 0.1) is 22.0 Å². The van der Waals surface area contributed by atoms with Crippen molar-refractivity contribution >= 4 is 34.9 Å². The Hall–Kier alpha value is -1.86. The number of aromatic nitrogens is 2. The summed E-state index contributed by atoms with van der Waals surface area (Å²) in [7, 11) is 1.34. The van der Waals surface area contributed by atoms with Crippen LogP contribution in [0.5, 0.6) is 5.88 Å². The van der Waals surface area contributed by atoms with Crippen LogP contribution in [0.3, 0.4) is 0 Å². The standard InChI is InChI=1S/C19H24ClN3O3S/c1-12-7-9-23(10-8-12)18-21-13(14-5-6-15(20)27-14)11-16(22-18)26-19(2,3)17(24)25-4/h5-6,11-12H,7-10H2,1-4H3. The van der Waals surface area contributed by atoms with Crippen LogP contribution in [-0.4, -0.2) is 41.7 Å². The zero-order valence-electron chi connectivity index (χ0n) is 16.0. The highest BCUT2D eigenvalue weighted by atomic mass is 35.5. The molecule has 0 amide bonds. The van der Waals surface area contributed by atoms with Gasteiger partial charge in [-0.1, -0.05) is 18.5 Å². The fourth-order valence-corrected chi connectivity index (χ4v) is 3.95. The molecule has 8 heteroatoms. The van der Waals surface area contributed by atoms with E-state index in [1.807, 2.05) is 12.1 Å². The van der Waals surface area contributed by atoms with E-state index < -0.39 is 11.6 Å². The smallest absolute Gasteiger partial charge is 0.349 e. The van der Waals surface area contributed by atoms with E-state index in [1.165, 1.54) is 18.4 Å². The van der Waals surface area contributed by atoms with E-state index in [0.29, 0.717) is 22.1 Å². The Morgan fingerprint density at radius 2 is 2.00 bits per heavy atom. The second-order valence-corrected chi connectivity index (χ2v) is 8.98. The van der Waals surface area contributed by atoms with Crippen LogP contribution in [0.25, 0.3) is 10.6 Å². The molecule has 0 spiro atoms. The SMILES string of the molecule is COC(=O)C(C)(C)Oc1cc(-c2ccc(Cl)s2)nc(N2CCC(C)CC2)n1. The highest BCUT2D eigenvalue weighted by Gasteiger charge is 2.32. The topological polar surface area (TPSA) is 64.6 Å². The average Bonchev–Trinajstić information content (AvgIpc) is 3.07. The lowest BCUT2D eigenvalue weighted by atomic mass is 10.00. The van der Waals surface area contributed by atoms with Crippen LogP contribution in [0, 0.1) is 5.92 Å². The summed E-state index contributed by atoms with van der Waals surface area (Å²) in [4.78, 5) is 24.4. The summed E-state index contributed by atoms with van der Waals surface area (Å²) in [6.07, 6.45) is 2.20. The molecule has 3 rings (SSSR count). The highest BCUT2D eigenvalue weighted by Crippen LogP contribution is 2.33. The van der Waals surface area contributed by atoms with Crippen LogP contribution in [-0.2, 0) is 9.53 Å². The van der Waals surface area contributed by atoms with E-state index in [4.69, 9.17) is 26.1 Å². The van der Waals surface area contributed by atoms with Crippen molar-refractivity contribution in [3.8, 4) is 16.5 Å². The van der Waals surface area contributed by atoms with E-state index in [1.54, 1.807) is 19.9 Å². The molecule has 0 atom stereocenters. The number of nitrogens with zero attached hydrogens (tertiary/aromatic N) is 3. The first kappa shape index (κ1) is 19.9. The maximum absolute atomic E-state index is 12.0. The number of halogens is 1. The Balaban J connectivity index is 1.96. The van der Waals surface area contributed by atoms with Crippen molar-refractivity contribution < 1.29 is 14.3 Å². The third-order valence-corrected chi connectivity index (χ3v) is 5.87. The monoisotopic (exact) mass is 409 g/mol. The van der Waals surface area contributed by atoms with E-state index in [-0.39, 0.29) is 0 Å². The van der Waals surface area contributed by atoms with Gasteiger partial charge in [-0.25, -0.2) is 9.78 Å². The number of esters is 1. The Morgan fingerprint density at radius 3 is 2.59 bits per heavy atom. The molecule has 0 N–H and O–H groups in total. The zero-order valence-corrected chi connectivity index (χ0v) is 17.6. The molecule has 3 heterocycles. The van der Waals surface area contributed by atoms with Gasteiger partial charge in [0.2, 0.25) is 17.4 Å². The maximum atomic E-state index is 12.0. The predicted molar refractivity (Wildman–Crippen MR) is 108 cm³/mol. The molecule has 146 valence electrons. The van der Waals surface area contributed by atoms with Crippen LogP contribution in [0.2, 0.25) is 4.34 Å². The summed E-state index contributed by atoms with van der Waals surface area (Å²) in [5, 5.41) is 0. The second-order valence-electron chi connectivity index (χ2n) is 7.27. The number of anilines is 1. The second kappa shape index (κ2) is 8.02. The summed E-state index contributed by atoms with van der Waals surface area (Å²) in [6.45, 7) is 7.37. The number of ether oxygens (including phenoxy) is 2. The van der Waals surface area contributed by atoms with Gasteiger partial charge in [0.15, 0.2) is 0 Å². The Morgan fingerprint density at radius 1 is 1.30 bits per heavy atom. The molecular formula is C19H24ClN3O3S. The number of hydrogen-bond donors (Lipinski definition) is 0. The van der Waals surface area contributed by atoms with Gasteiger partial charge in [-0.3, -0.25) is 0 Å². The Labute approximate surface area is 168 Å². The number of methoxy groups -OCH3 is 1. The number of carbonyl (C=O) groups is 1. The van der Waals surface area contributed by atoms with Crippen LogP contribution in [0.4, 0.5) is 5.95 Å². The van der Waals surface area contributed by atoms with Gasteiger partial charge in [-0.15, -0.1) is 11.3 Å². The lowest BCUT2D eigenvalue weighted by Gasteiger charge is -2.31. The van der Waals surface area contributed by atoms with Crippen LogP contribution < -0.4 is 9.64 Å². The molecule has 0 unspecified atom stereocenters. The highest BCUT2D eigenvalue weighted by molar-refractivity contribution is 7.19. The van der Waals surface area contributed by atoms with Crippen LogP contribution in [0.15, 0.2) is 18.2 Å². The van der Waals surface area contributed by atoms with Crippen molar-refractivity contribution in [2.24, 2.45) is 5.92 Å². The third kappa shape index (κ3) is 4.71. The quantitative estimate of drug-likeness (QED) is 0.681. The molecule has 0 saturated carbocycles. The number of hydrogen-bond acceptors (Lipinski definition) is 7. The number of carbonyl (C=O) groups excluding carboxylic acids is 1. The number of thiophene rings is 1. The van der Waals surface area contributed by atoms with Crippen molar-refractivity contribution in [2.75, 3.05) is 25.1 Å². The number of piperidine rings is 1. The van der Waals surface area contributed by atoms with Gasteiger partial charge in [0.25, 0.3) is 0 Å². The minimum atomic E-state index is -1.15. The van der Waals surface area contributed by atoms with E-state index in [9.17, 15) is 4.79 Å². The predicted octanol–water partition coefficient (Wildman–Crippen LogP) is 4.43. The van der Waals surface area contributed by atoms with Gasteiger partial charge in [-0.05, 0) is 44.7 Å². The summed E-state index contributed by atoms with van der Waals surface area (Å²) in [6, 6.07) is 5.50. The molecule has 1 aliphatic heterocycles. The summed E-state index contributed by atoms with van der Waals surface area (Å²) in [5.74, 6) is 1.19. The first-order valence-corrected chi connectivity index (χ1v) is 10.1. The molecule has 2 aromatic heterocycles. The molecule has 0 aromatic carbocycles. The Kier molecular flexibility index (Phi) is 5.91. The fourth-order valence-electron chi connectivity index (χ4n) is 2.94. The lowest BCUT2D eigenvalue weighted by molar-refractivity contribution is -0.156. The van der Waals surface area contributed by atoms with Crippen LogP contribution >= 0.6 is 22.9 Å². The first-order chi connectivity index (χ1) is 12.8. The average molecular weight is 410 g/mol.